The number of carbonyl (C=O) groups excluding carboxylic acids is 1. The van der Waals surface area contributed by atoms with E-state index in [9.17, 15) is 17.8 Å². The molecule has 0 saturated carbocycles. The van der Waals surface area contributed by atoms with Gasteiger partial charge in [0.25, 0.3) is 10.1 Å². The number of hydrogen-bond acceptors (Lipinski definition) is 3. The molecule has 0 aromatic heterocycles. The summed E-state index contributed by atoms with van der Waals surface area (Å²) < 4.78 is 32.3. The fourth-order valence-corrected chi connectivity index (χ4v) is 3.28. The average Bonchev–Trinajstić information content (AvgIpc) is 2.46. The van der Waals surface area contributed by atoms with E-state index in [4.69, 9.17) is 0 Å². The van der Waals surface area contributed by atoms with Gasteiger partial charge in [-0.2, -0.15) is 8.42 Å². The first kappa shape index (κ1) is 19.6. The molecule has 0 aliphatic rings. The van der Waals surface area contributed by atoms with E-state index < -0.39 is 10.1 Å². The molecule has 0 aliphatic heterocycles. The Bertz CT molecular complexity index is 611. The minimum absolute atomic E-state index is 0.202. The molecule has 0 saturated heterocycles. The third kappa shape index (κ3) is 7.14. The van der Waals surface area contributed by atoms with Crippen LogP contribution in [-0.4, -0.2) is 18.9 Å². The van der Waals surface area contributed by atoms with E-state index in [1.165, 1.54) is 38.7 Å². The highest BCUT2D eigenvalue weighted by Crippen LogP contribution is 2.27. The van der Waals surface area contributed by atoms with E-state index in [-0.39, 0.29) is 16.5 Å². The molecular weight excluding hydrogens is 314 g/mol. The van der Waals surface area contributed by atoms with Crippen molar-refractivity contribution in [2.75, 3.05) is 5.32 Å². The van der Waals surface area contributed by atoms with Crippen LogP contribution in [0.5, 0.6) is 0 Å². The Morgan fingerprint density at radius 2 is 1.70 bits per heavy atom. The molecule has 0 atom stereocenters. The fraction of sp³-hybridized carbons (Fsp3) is 0.588. The Kier molecular flexibility index (Phi) is 8.26. The van der Waals surface area contributed by atoms with Crippen molar-refractivity contribution < 1.29 is 17.8 Å². The molecule has 23 heavy (non-hydrogen) atoms. The lowest BCUT2D eigenvalue weighted by Gasteiger charge is -2.13. The second kappa shape index (κ2) is 9.67. The van der Waals surface area contributed by atoms with Crippen molar-refractivity contribution in [2.45, 2.75) is 70.1 Å². The first-order valence-electron chi connectivity index (χ1n) is 8.23. The number of anilines is 1. The molecule has 0 fully saturated rings. The number of carbonyl (C=O) groups is 1. The van der Waals surface area contributed by atoms with E-state index in [1.54, 1.807) is 12.1 Å². The van der Waals surface area contributed by atoms with Crippen LogP contribution in [0.1, 0.15) is 64.4 Å². The lowest BCUT2D eigenvalue weighted by molar-refractivity contribution is -0.114. The molecule has 2 N–H and O–H groups in total. The van der Waals surface area contributed by atoms with Crippen molar-refractivity contribution in [3.8, 4) is 0 Å². The Labute approximate surface area is 139 Å². The average molecular weight is 341 g/mol. The molecule has 0 heterocycles. The molecule has 5 nitrogen and oxygen atoms in total. The summed E-state index contributed by atoms with van der Waals surface area (Å²) in [4.78, 5) is 11.1. The van der Waals surface area contributed by atoms with Crippen LogP contribution in [0.4, 0.5) is 5.69 Å². The highest BCUT2D eigenvalue weighted by Gasteiger charge is 2.18. The minimum atomic E-state index is -4.36. The lowest BCUT2D eigenvalue weighted by atomic mass is 10.0. The van der Waals surface area contributed by atoms with Crippen molar-refractivity contribution in [2.24, 2.45) is 0 Å². The zero-order valence-electron chi connectivity index (χ0n) is 14.0. The van der Waals surface area contributed by atoms with Crippen molar-refractivity contribution in [3.63, 3.8) is 0 Å². The van der Waals surface area contributed by atoms with Gasteiger partial charge in [-0.1, -0.05) is 57.6 Å². The topological polar surface area (TPSA) is 83.5 Å². The van der Waals surface area contributed by atoms with Crippen LogP contribution in [0.2, 0.25) is 0 Å². The zero-order chi connectivity index (χ0) is 17.3. The molecule has 0 bridgehead atoms. The number of nitrogens with one attached hydrogen (secondary N) is 1. The van der Waals surface area contributed by atoms with Crippen molar-refractivity contribution in [3.05, 3.63) is 23.8 Å². The van der Waals surface area contributed by atoms with Gasteiger partial charge in [-0.15, -0.1) is 0 Å². The van der Waals surface area contributed by atoms with E-state index in [1.807, 2.05) is 0 Å². The Hall–Kier alpha value is -1.40. The molecule has 0 radical (unpaired) electrons. The smallest absolute Gasteiger partial charge is 0.296 e. The molecule has 0 aliphatic carbocycles. The van der Waals surface area contributed by atoms with E-state index >= 15 is 0 Å². The summed E-state index contributed by atoms with van der Waals surface area (Å²) in [6.07, 6.45) is 8.79. The summed E-state index contributed by atoms with van der Waals surface area (Å²) in [5.74, 6) is -0.359. The lowest BCUT2D eigenvalue weighted by Crippen LogP contribution is -2.13. The first-order chi connectivity index (χ1) is 10.9. The molecule has 1 amide bonds. The molecule has 1 aromatic carbocycles. The first-order valence-corrected chi connectivity index (χ1v) is 9.67. The predicted molar refractivity (Wildman–Crippen MR) is 92.3 cm³/mol. The monoisotopic (exact) mass is 341 g/mol. The van der Waals surface area contributed by atoms with Crippen molar-refractivity contribution in [1.29, 1.82) is 0 Å². The number of rotatable bonds is 10. The van der Waals surface area contributed by atoms with Gasteiger partial charge in [-0.25, -0.2) is 0 Å². The van der Waals surface area contributed by atoms with Crippen LogP contribution in [0.3, 0.4) is 0 Å². The third-order valence-electron chi connectivity index (χ3n) is 3.74. The minimum Gasteiger partial charge on any atom is -0.325 e. The second-order valence-electron chi connectivity index (χ2n) is 5.82. The van der Waals surface area contributed by atoms with Gasteiger partial charge >= 0.3 is 0 Å². The third-order valence-corrected chi connectivity index (χ3v) is 4.64. The molecule has 130 valence electrons. The maximum Gasteiger partial charge on any atom is 0.296 e. The summed E-state index contributed by atoms with van der Waals surface area (Å²) in [6, 6.07) is 4.68. The quantitative estimate of drug-likeness (QED) is 0.494. The maximum absolute atomic E-state index is 11.5. The van der Waals surface area contributed by atoms with Crippen LogP contribution in [-0.2, 0) is 21.3 Å². The number of benzene rings is 1. The number of hydrogen-bond donors (Lipinski definition) is 2. The van der Waals surface area contributed by atoms with E-state index in [0.29, 0.717) is 6.42 Å². The zero-order valence-corrected chi connectivity index (χ0v) is 14.8. The Morgan fingerprint density at radius 1 is 1.09 bits per heavy atom. The largest absolute Gasteiger partial charge is 0.325 e. The highest BCUT2D eigenvalue weighted by atomic mass is 32.2. The molecule has 1 rings (SSSR count). The van der Waals surface area contributed by atoms with Crippen molar-refractivity contribution >= 4 is 21.7 Å². The van der Waals surface area contributed by atoms with Crippen LogP contribution < -0.4 is 5.32 Å². The van der Waals surface area contributed by atoms with Gasteiger partial charge in [0.2, 0.25) is 5.91 Å². The predicted octanol–water partition coefficient (Wildman–Crippen LogP) is 4.18. The Balaban J connectivity index is 2.72. The maximum atomic E-state index is 11.5. The molecule has 0 spiro atoms. The van der Waals surface area contributed by atoms with Crippen LogP contribution in [0, 0.1) is 0 Å². The summed E-state index contributed by atoms with van der Waals surface area (Å²) in [5, 5.41) is 2.54. The van der Waals surface area contributed by atoms with Gasteiger partial charge < -0.3 is 5.32 Å². The van der Waals surface area contributed by atoms with E-state index in [0.717, 1.165) is 24.8 Å². The number of para-hydroxylation sites is 1. The van der Waals surface area contributed by atoms with Gasteiger partial charge in [0.1, 0.15) is 4.90 Å². The summed E-state index contributed by atoms with van der Waals surface area (Å²) >= 11 is 0. The Morgan fingerprint density at radius 3 is 2.26 bits per heavy atom. The number of unbranched alkanes of at least 4 members (excludes halogenated alkanes) is 6. The molecule has 6 heteroatoms. The van der Waals surface area contributed by atoms with Gasteiger partial charge in [-0.05, 0) is 24.5 Å². The van der Waals surface area contributed by atoms with Crippen LogP contribution in [0.25, 0.3) is 0 Å². The van der Waals surface area contributed by atoms with Crippen LogP contribution in [0.15, 0.2) is 23.1 Å². The van der Waals surface area contributed by atoms with E-state index in [2.05, 4.69) is 12.2 Å². The highest BCUT2D eigenvalue weighted by molar-refractivity contribution is 7.86. The fourth-order valence-electron chi connectivity index (χ4n) is 2.59. The van der Waals surface area contributed by atoms with Crippen molar-refractivity contribution in [1.82, 2.24) is 0 Å². The molecule has 0 unspecified atom stereocenters. The normalized spacial score (nSPS) is 11.4. The molecular formula is C17H27NO4S. The SMILES string of the molecule is CCCCCCCCCc1cccc(S(=O)(=O)O)c1NC(C)=O. The standard InChI is InChI=1S/C17H27NO4S/c1-3-4-5-6-7-8-9-11-15-12-10-13-16(23(20,21)22)17(15)18-14(2)19/h10,12-13H,3-9,11H2,1-2H3,(H,18,19)(H,20,21,22). The molecule has 1 aromatic rings. The summed E-state index contributed by atoms with van der Waals surface area (Å²) in [5.41, 5.74) is 0.942. The van der Waals surface area contributed by atoms with Gasteiger partial charge in [0, 0.05) is 6.92 Å². The summed E-state index contributed by atoms with van der Waals surface area (Å²) in [6.45, 7) is 3.50. The van der Waals surface area contributed by atoms with Gasteiger partial charge in [0.15, 0.2) is 0 Å². The summed E-state index contributed by atoms with van der Waals surface area (Å²) in [7, 11) is -4.36. The number of aryl methyl sites for hydroxylation is 1. The van der Waals surface area contributed by atoms with Gasteiger partial charge in [0.05, 0.1) is 5.69 Å². The van der Waals surface area contributed by atoms with Gasteiger partial charge in [-0.3, -0.25) is 9.35 Å². The second-order valence-corrected chi connectivity index (χ2v) is 7.21. The van der Waals surface area contributed by atoms with Crippen LogP contribution >= 0.6 is 0 Å². The number of amides is 1.